The molecule has 5 fully saturated rings. The van der Waals surface area contributed by atoms with Crippen molar-refractivity contribution < 1.29 is 27.5 Å². The molecular formula is C49H57F3N10O4. The molecule has 1 atom stereocenters. The molecule has 2 aromatic carbocycles. The maximum atomic E-state index is 15.3. The van der Waals surface area contributed by atoms with Gasteiger partial charge in [0.05, 0.1) is 29.0 Å². The average molecular weight is 907 g/mol. The minimum atomic E-state index is -3.16. The number of aromatic nitrogens is 5. The molecule has 3 saturated heterocycles. The number of pyridine rings is 1. The van der Waals surface area contributed by atoms with Gasteiger partial charge >= 0.3 is 5.92 Å². The number of imide groups is 1. The molecule has 0 unspecified atom stereocenters. The van der Waals surface area contributed by atoms with Crippen molar-refractivity contribution in [1.29, 1.82) is 0 Å². The highest BCUT2D eigenvalue weighted by molar-refractivity contribution is 6.19. The van der Waals surface area contributed by atoms with Gasteiger partial charge in [-0.15, -0.1) is 0 Å². The summed E-state index contributed by atoms with van der Waals surface area (Å²) in [5, 5.41) is 12.1. The van der Waals surface area contributed by atoms with Crippen molar-refractivity contribution in [3.05, 3.63) is 64.3 Å². The molecule has 4 aliphatic heterocycles. The monoisotopic (exact) mass is 906 g/mol. The number of anilines is 5. The standard InChI is InChI=1S/C49H57F3N10O4/c1-58-37-11-9-33(25-35(37)41-42(46(58)65)66-28-49(51,52)43(55-41)31-6-7-31)54-44-36(50)26-53-47(56-44)61-22-18-48(19-23-61)16-12-29(13-17-48)27-60-20-14-30(15-21-60)32-8-10-34-38(24-32)59(2)57-45(34)62-39(63)4-3-5-40(62)64/h8-11,24-26,29-31,43,55H,3-7,12-23,27-28H2,1-2H3,(H,53,54,56)/t43-/m0/s1. The molecule has 348 valence electrons. The lowest BCUT2D eigenvalue weighted by Crippen LogP contribution is -2.44. The molecule has 0 radical (unpaired) electrons. The third kappa shape index (κ3) is 7.83. The van der Waals surface area contributed by atoms with Gasteiger partial charge in [0.15, 0.2) is 24.1 Å². The summed E-state index contributed by atoms with van der Waals surface area (Å²) in [6, 6.07) is 10.4. The van der Waals surface area contributed by atoms with E-state index in [0.29, 0.717) is 77.7 Å². The van der Waals surface area contributed by atoms with Gasteiger partial charge in [-0.2, -0.15) is 10.1 Å². The lowest BCUT2D eigenvalue weighted by Gasteiger charge is -2.47. The summed E-state index contributed by atoms with van der Waals surface area (Å²) in [4.78, 5) is 53.7. The molecule has 11 rings (SSSR count). The molecule has 2 N–H and O–H groups in total. The van der Waals surface area contributed by atoms with Gasteiger partial charge in [-0.1, -0.05) is 6.07 Å². The molecule has 66 heavy (non-hydrogen) atoms. The first-order valence-electron chi connectivity index (χ1n) is 23.9. The topological polar surface area (TPSA) is 143 Å². The minimum absolute atomic E-state index is 0.0143. The Hall–Kier alpha value is -5.71. The molecule has 17 heteroatoms. The number of carbonyl (C=O) groups is 2. The van der Waals surface area contributed by atoms with E-state index in [2.05, 4.69) is 47.6 Å². The second-order valence-electron chi connectivity index (χ2n) is 20.0. The van der Waals surface area contributed by atoms with E-state index in [0.717, 1.165) is 69.3 Å². The summed E-state index contributed by atoms with van der Waals surface area (Å²) in [6.07, 6.45) is 13.0. The summed E-state index contributed by atoms with van der Waals surface area (Å²) in [5.74, 6) is -2.40. The fourth-order valence-corrected chi connectivity index (χ4v) is 11.7. The molecule has 2 aliphatic carbocycles. The minimum Gasteiger partial charge on any atom is -0.480 e. The summed E-state index contributed by atoms with van der Waals surface area (Å²) >= 11 is 0. The van der Waals surface area contributed by atoms with Crippen molar-refractivity contribution >= 4 is 62.6 Å². The number of carbonyl (C=O) groups excluding carboxylic acids is 2. The number of hydrogen-bond acceptors (Lipinski definition) is 11. The molecule has 2 saturated carbocycles. The van der Waals surface area contributed by atoms with Gasteiger partial charge in [-0.3, -0.25) is 19.1 Å². The second kappa shape index (κ2) is 16.6. The number of amides is 2. The van der Waals surface area contributed by atoms with Gasteiger partial charge in [0.2, 0.25) is 23.5 Å². The first-order chi connectivity index (χ1) is 31.8. The number of ether oxygens (including phenoxy) is 1. The lowest BCUT2D eigenvalue weighted by atomic mass is 9.65. The molecule has 14 nitrogen and oxygen atoms in total. The zero-order chi connectivity index (χ0) is 45.5. The summed E-state index contributed by atoms with van der Waals surface area (Å²) < 4.78 is 54.4. The van der Waals surface area contributed by atoms with Crippen molar-refractivity contribution in [2.45, 2.75) is 101 Å². The van der Waals surface area contributed by atoms with Gasteiger partial charge in [0.1, 0.15) is 0 Å². The number of likely N-dealkylation sites (tertiary alicyclic amines) is 1. The molecule has 5 aromatic rings. The molecular weight excluding hydrogens is 850 g/mol. The maximum absolute atomic E-state index is 15.3. The molecule has 6 aliphatic rings. The number of halogens is 3. The number of alkyl halides is 2. The first kappa shape index (κ1) is 42.9. The maximum Gasteiger partial charge on any atom is 0.301 e. The number of benzene rings is 2. The van der Waals surface area contributed by atoms with Crippen LogP contribution in [0.25, 0.3) is 21.8 Å². The molecule has 7 heterocycles. The Labute approximate surface area is 380 Å². The van der Waals surface area contributed by atoms with Gasteiger partial charge in [-0.25, -0.2) is 23.1 Å². The van der Waals surface area contributed by atoms with Gasteiger partial charge in [0.25, 0.3) is 5.56 Å². The third-order valence-electron chi connectivity index (χ3n) is 15.8. The van der Waals surface area contributed by atoms with Crippen LogP contribution in [0.3, 0.4) is 0 Å². The Morgan fingerprint density at radius 2 is 1.61 bits per heavy atom. The van der Waals surface area contributed by atoms with Crippen LogP contribution in [0.1, 0.15) is 95.0 Å². The zero-order valence-electron chi connectivity index (χ0n) is 37.6. The molecule has 1 spiro atoms. The van der Waals surface area contributed by atoms with Gasteiger partial charge in [0, 0.05) is 63.0 Å². The first-order valence-corrected chi connectivity index (χ1v) is 23.9. The van der Waals surface area contributed by atoms with Crippen LogP contribution >= 0.6 is 0 Å². The highest BCUT2D eigenvalue weighted by atomic mass is 19.3. The van der Waals surface area contributed by atoms with Crippen LogP contribution < -0.4 is 30.7 Å². The van der Waals surface area contributed by atoms with Crippen molar-refractivity contribution in [3.63, 3.8) is 0 Å². The fourth-order valence-electron chi connectivity index (χ4n) is 11.7. The Balaban J connectivity index is 0.689. The van der Waals surface area contributed by atoms with Crippen LogP contribution in [0.2, 0.25) is 0 Å². The van der Waals surface area contributed by atoms with E-state index < -0.39 is 29.9 Å². The van der Waals surface area contributed by atoms with E-state index in [-0.39, 0.29) is 35.0 Å². The van der Waals surface area contributed by atoms with Crippen LogP contribution in [-0.2, 0) is 23.7 Å². The van der Waals surface area contributed by atoms with E-state index >= 15 is 13.2 Å². The van der Waals surface area contributed by atoms with Crippen LogP contribution in [-0.4, -0.2) is 92.3 Å². The van der Waals surface area contributed by atoms with Crippen molar-refractivity contribution in [2.24, 2.45) is 31.3 Å². The number of piperidine rings is 3. The average Bonchev–Trinajstić information content (AvgIpc) is 4.12. The Morgan fingerprint density at radius 3 is 2.33 bits per heavy atom. The van der Waals surface area contributed by atoms with Crippen molar-refractivity contribution in [1.82, 2.24) is 29.2 Å². The number of nitrogens with zero attached hydrogens (tertiary/aromatic N) is 8. The number of hydrogen-bond donors (Lipinski definition) is 2. The summed E-state index contributed by atoms with van der Waals surface area (Å²) in [7, 11) is 3.46. The Kier molecular flexibility index (Phi) is 10.8. The molecule has 2 amide bonds. The number of aryl methyl sites for hydroxylation is 2. The highest BCUT2D eigenvalue weighted by Gasteiger charge is 2.51. The molecule has 0 bridgehead atoms. The van der Waals surface area contributed by atoms with E-state index in [1.807, 2.05) is 13.1 Å². The van der Waals surface area contributed by atoms with Gasteiger partial charge < -0.3 is 29.7 Å². The van der Waals surface area contributed by atoms with Crippen LogP contribution in [0.5, 0.6) is 5.75 Å². The highest BCUT2D eigenvalue weighted by Crippen LogP contribution is 2.48. The lowest BCUT2D eigenvalue weighted by molar-refractivity contribution is -0.129. The zero-order valence-corrected chi connectivity index (χ0v) is 37.6. The summed E-state index contributed by atoms with van der Waals surface area (Å²) in [6.45, 7) is 3.97. The predicted molar refractivity (Wildman–Crippen MR) is 246 cm³/mol. The van der Waals surface area contributed by atoms with E-state index in [4.69, 9.17) is 4.74 Å². The fraction of sp³-hybridized carbons (Fsp3) is 0.551. The number of rotatable bonds is 8. The van der Waals surface area contributed by atoms with E-state index in [1.54, 1.807) is 29.9 Å². The van der Waals surface area contributed by atoms with Crippen LogP contribution in [0, 0.1) is 23.1 Å². The van der Waals surface area contributed by atoms with E-state index in [1.165, 1.54) is 46.9 Å². The quantitative estimate of drug-likeness (QED) is 0.146. The Morgan fingerprint density at radius 1 is 0.864 bits per heavy atom. The van der Waals surface area contributed by atoms with Crippen molar-refractivity contribution in [3.8, 4) is 5.75 Å². The largest absolute Gasteiger partial charge is 0.480 e. The Bertz CT molecular complexity index is 2770. The van der Waals surface area contributed by atoms with E-state index in [9.17, 15) is 14.4 Å². The normalized spacial score (nSPS) is 23.0. The van der Waals surface area contributed by atoms with Crippen molar-refractivity contribution in [2.75, 3.05) is 59.8 Å². The smallest absolute Gasteiger partial charge is 0.301 e. The second-order valence-corrected chi connectivity index (χ2v) is 20.0. The predicted octanol–water partition coefficient (Wildman–Crippen LogP) is 8.02. The SMILES string of the molecule is Cn1nc(N2C(=O)CCCC2=O)c2ccc(C3CCN(CC4CCC5(CC4)CCN(c4ncc(F)c(Nc6ccc7c(c6)c6c(c(=O)n7C)OCC(F)(F)[C@H](C7CC7)N6)n4)CC5)CC3)cc21. The van der Waals surface area contributed by atoms with Crippen LogP contribution in [0.4, 0.5) is 42.1 Å². The summed E-state index contributed by atoms with van der Waals surface area (Å²) in [5.41, 5.74) is 3.27. The molecule has 3 aromatic heterocycles. The number of nitrogens with one attached hydrogen (secondary N) is 2. The third-order valence-corrected chi connectivity index (χ3v) is 15.8. The van der Waals surface area contributed by atoms with Gasteiger partial charge in [-0.05, 0) is 143 Å². The van der Waals surface area contributed by atoms with Crippen LogP contribution in [0.15, 0.2) is 47.4 Å². The number of fused-ring (bicyclic) bond motifs is 4.